The van der Waals surface area contributed by atoms with Gasteiger partial charge < -0.3 is 4.42 Å². The van der Waals surface area contributed by atoms with E-state index in [1.807, 2.05) is 24.3 Å². The fourth-order valence-corrected chi connectivity index (χ4v) is 5.26. The van der Waals surface area contributed by atoms with Crippen molar-refractivity contribution in [3.63, 3.8) is 0 Å². The molecule has 1 aliphatic heterocycles. The maximum absolute atomic E-state index is 12.9. The summed E-state index contributed by atoms with van der Waals surface area (Å²) in [5.74, 6) is 0.847. The summed E-state index contributed by atoms with van der Waals surface area (Å²) in [5, 5.41) is 6.76. The molecule has 3 heterocycles. The minimum absolute atomic E-state index is 0.144. The fourth-order valence-electron chi connectivity index (χ4n) is 3.46. The number of nitrogens with zero attached hydrogens (tertiary/aromatic N) is 3. The van der Waals surface area contributed by atoms with Gasteiger partial charge in [-0.1, -0.05) is 12.1 Å². The molecule has 0 unspecified atom stereocenters. The van der Waals surface area contributed by atoms with Crippen LogP contribution < -0.4 is 0 Å². The number of benzene rings is 1. The SMILES string of the molecule is Cc1n[nH]c(C)c1S(=O)(=O)N1CCC(c2nc3ccccc3o2)CC1. The molecule has 132 valence electrons. The Morgan fingerprint density at radius 1 is 1.20 bits per heavy atom. The Kier molecular flexibility index (Phi) is 3.88. The van der Waals surface area contributed by atoms with Gasteiger partial charge in [0.05, 0.1) is 11.4 Å². The first-order valence-electron chi connectivity index (χ1n) is 8.34. The fraction of sp³-hybridized carbons (Fsp3) is 0.412. The molecule has 1 saturated heterocycles. The van der Waals surface area contributed by atoms with Gasteiger partial charge in [-0.3, -0.25) is 5.10 Å². The molecule has 1 N–H and O–H groups in total. The maximum atomic E-state index is 12.9. The lowest BCUT2D eigenvalue weighted by Gasteiger charge is -2.29. The molecule has 1 fully saturated rings. The Hall–Kier alpha value is -2.19. The van der Waals surface area contributed by atoms with E-state index < -0.39 is 10.0 Å². The lowest BCUT2D eigenvalue weighted by Crippen LogP contribution is -2.38. The lowest BCUT2D eigenvalue weighted by molar-refractivity contribution is 0.293. The summed E-state index contributed by atoms with van der Waals surface area (Å²) < 4.78 is 33.2. The lowest BCUT2D eigenvalue weighted by atomic mass is 9.98. The summed E-state index contributed by atoms with van der Waals surface area (Å²) in [6.45, 7) is 4.35. The summed E-state index contributed by atoms with van der Waals surface area (Å²) in [7, 11) is -3.52. The van der Waals surface area contributed by atoms with E-state index in [0.717, 1.165) is 11.1 Å². The highest BCUT2D eigenvalue weighted by atomic mass is 32.2. The number of aromatic amines is 1. The second kappa shape index (κ2) is 5.96. The van der Waals surface area contributed by atoms with Gasteiger partial charge in [-0.15, -0.1) is 0 Å². The van der Waals surface area contributed by atoms with Gasteiger partial charge in [-0.25, -0.2) is 13.4 Å². The van der Waals surface area contributed by atoms with Crippen molar-refractivity contribution in [3.8, 4) is 0 Å². The van der Waals surface area contributed by atoms with Gasteiger partial charge in [0.1, 0.15) is 10.4 Å². The predicted molar refractivity (Wildman–Crippen MR) is 92.8 cm³/mol. The topological polar surface area (TPSA) is 92.1 Å². The number of piperidine rings is 1. The molecular formula is C17H20N4O3S. The molecule has 2 aromatic heterocycles. The molecule has 0 bridgehead atoms. The van der Waals surface area contributed by atoms with Gasteiger partial charge in [-0.2, -0.15) is 9.40 Å². The number of para-hydroxylation sites is 2. The maximum Gasteiger partial charge on any atom is 0.246 e. The zero-order valence-corrected chi connectivity index (χ0v) is 15.0. The van der Waals surface area contributed by atoms with E-state index in [1.165, 1.54) is 4.31 Å². The zero-order valence-electron chi connectivity index (χ0n) is 14.2. The Morgan fingerprint density at radius 2 is 1.92 bits per heavy atom. The van der Waals surface area contributed by atoms with Crippen molar-refractivity contribution in [2.75, 3.05) is 13.1 Å². The summed E-state index contributed by atoms with van der Waals surface area (Å²) >= 11 is 0. The van der Waals surface area contributed by atoms with E-state index in [1.54, 1.807) is 13.8 Å². The first-order valence-corrected chi connectivity index (χ1v) is 9.78. The van der Waals surface area contributed by atoms with Gasteiger partial charge >= 0.3 is 0 Å². The monoisotopic (exact) mass is 360 g/mol. The first kappa shape index (κ1) is 16.3. The smallest absolute Gasteiger partial charge is 0.246 e. The predicted octanol–water partition coefficient (Wildman–Crippen LogP) is 2.74. The third kappa shape index (κ3) is 2.75. The van der Waals surface area contributed by atoms with Crippen LogP contribution in [0.3, 0.4) is 0 Å². The van der Waals surface area contributed by atoms with Gasteiger partial charge in [0.2, 0.25) is 10.0 Å². The average Bonchev–Trinajstić information content (AvgIpc) is 3.18. The highest BCUT2D eigenvalue weighted by Gasteiger charge is 2.34. The highest BCUT2D eigenvalue weighted by Crippen LogP contribution is 2.32. The quantitative estimate of drug-likeness (QED) is 0.775. The molecule has 0 radical (unpaired) electrons. The third-order valence-electron chi connectivity index (χ3n) is 4.77. The molecule has 8 heteroatoms. The van der Waals surface area contributed by atoms with Crippen LogP contribution in [0.5, 0.6) is 0 Å². The van der Waals surface area contributed by atoms with E-state index in [9.17, 15) is 8.42 Å². The van der Waals surface area contributed by atoms with E-state index >= 15 is 0 Å². The number of oxazole rings is 1. The van der Waals surface area contributed by atoms with Crippen LogP contribution in [0.15, 0.2) is 33.6 Å². The third-order valence-corrected chi connectivity index (χ3v) is 6.93. The van der Waals surface area contributed by atoms with E-state index in [2.05, 4.69) is 15.2 Å². The number of H-pyrrole nitrogens is 1. The molecule has 25 heavy (non-hydrogen) atoms. The number of aromatic nitrogens is 3. The molecule has 0 aliphatic carbocycles. The van der Waals surface area contributed by atoms with Gasteiger partial charge in [0, 0.05) is 19.0 Å². The van der Waals surface area contributed by atoms with Crippen molar-refractivity contribution in [2.45, 2.75) is 37.5 Å². The van der Waals surface area contributed by atoms with Gasteiger partial charge in [0.15, 0.2) is 11.5 Å². The normalized spacial score (nSPS) is 17.4. The average molecular weight is 360 g/mol. The number of hydrogen-bond acceptors (Lipinski definition) is 5. The molecule has 0 saturated carbocycles. The van der Waals surface area contributed by atoms with Crippen molar-refractivity contribution in [1.82, 2.24) is 19.5 Å². The standard InChI is InChI=1S/C17H20N4O3S/c1-11-16(12(2)20-19-11)25(22,23)21-9-7-13(8-10-21)17-18-14-5-3-4-6-15(14)24-17/h3-6,13H,7-10H2,1-2H3,(H,19,20). The molecule has 3 aromatic rings. The number of aryl methyl sites for hydroxylation is 2. The van der Waals surface area contributed by atoms with Crippen molar-refractivity contribution in [1.29, 1.82) is 0 Å². The molecule has 1 aromatic carbocycles. The summed E-state index contributed by atoms with van der Waals surface area (Å²) in [6.07, 6.45) is 1.39. The van der Waals surface area contributed by atoms with Crippen LogP contribution in [0.1, 0.15) is 36.0 Å². The molecule has 1 aliphatic rings. The second-order valence-electron chi connectivity index (χ2n) is 6.46. The summed E-state index contributed by atoms with van der Waals surface area (Å²) in [6, 6.07) is 7.67. The number of fused-ring (bicyclic) bond motifs is 1. The highest BCUT2D eigenvalue weighted by molar-refractivity contribution is 7.89. The molecule has 4 rings (SSSR count). The number of hydrogen-bond donors (Lipinski definition) is 1. The summed E-state index contributed by atoms with van der Waals surface area (Å²) in [4.78, 5) is 4.85. The van der Waals surface area contributed by atoms with Crippen molar-refractivity contribution in [3.05, 3.63) is 41.5 Å². The van der Waals surface area contributed by atoms with Crippen molar-refractivity contribution < 1.29 is 12.8 Å². The van der Waals surface area contributed by atoms with Gasteiger partial charge in [0.25, 0.3) is 0 Å². The van der Waals surface area contributed by atoms with Crippen LogP contribution >= 0.6 is 0 Å². The zero-order chi connectivity index (χ0) is 17.6. The van der Waals surface area contributed by atoms with Crippen LogP contribution in [0.2, 0.25) is 0 Å². The number of sulfonamides is 1. The van der Waals surface area contributed by atoms with Crippen molar-refractivity contribution in [2.24, 2.45) is 0 Å². The number of nitrogens with one attached hydrogen (secondary N) is 1. The van der Waals surface area contributed by atoms with E-state index in [0.29, 0.717) is 48.1 Å². The molecule has 0 atom stereocenters. The van der Waals surface area contributed by atoms with Gasteiger partial charge in [-0.05, 0) is 38.8 Å². The molecule has 0 amide bonds. The Balaban J connectivity index is 1.53. The molecule has 7 nitrogen and oxygen atoms in total. The van der Waals surface area contributed by atoms with Crippen LogP contribution in [0.4, 0.5) is 0 Å². The minimum Gasteiger partial charge on any atom is -0.440 e. The van der Waals surface area contributed by atoms with Crippen LogP contribution in [0, 0.1) is 13.8 Å². The Labute approximate surface area is 146 Å². The second-order valence-corrected chi connectivity index (χ2v) is 8.34. The number of rotatable bonds is 3. The van der Waals surface area contributed by atoms with Crippen molar-refractivity contribution >= 4 is 21.1 Å². The minimum atomic E-state index is -3.52. The van der Waals surface area contributed by atoms with E-state index in [4.69, 9.17) is 4.42 Å². The Morgan fingerprint density at radius 3 is 2.56 bits per heavy atom. The first-order chi connectivity index (χ1) is 12.0. The molecular weight excluding hydrogens is 340 g/mol. The Bertz CT molecular complexity index is 961. The van der Waals surface area contributed by atoms with E-state index in [-0.39, 0.29) is 5.92 Å². The molecule has 0 spiro atoms. The van der Waals surface area contributed by atoms with Crippen LogP contribution in [-0.2, 0) is 10.0 Å². The largest absolute Gasteiger partial charge is 0.440 e. The summed E-state index contributed by atoms with van der Waals surface area (Å²) in [5.41, 5.74) is 2.71. The van der Waals surface area contributed by atoms with Crippen LogP contribution in [0.25, 0.3) is 11.1 Å². The van der Waals surface area contributed by atoms with Crippen LogP contribution in [-0.4, -0.2) is 41.0 Å².